The van der Waals surface area contributed by atoms with Gasteiger partial charge in [0.05, 0.1) is 0 Å². The molecule has 0 aromatic heterocycles. The zero-order valence-electron chi connectivity index (χ0n) is 13.1. The summed E-state index contributed by atoms with van der Waals surface area (Å²) < 4.78 is 0. The van der Waals surface area contributed by atoms with E-state index in [9.17, 15) is 9.59 Å². The van der Waals surface area contributed by atoms with Gasteiger partial charge >= 0.3 is 0 Å². The first-order chi connectivity index (χ1) is 10.5. The first-order valence-corrected chi connectivity index (χ1v) is 7.17. The highest BCUT2D eigenvalue weighted by Gasteiger charge is 2.07. The summed E-state index contributed by atoms with van der Waals surface area (Å²) in [5.74, 6) is -0.215. The van der Waals surface area contributed by atoms with E-state index in [0.717, 1.165) is 16.7 Å². The summed E-state index contributed by atoms with van der Waals surface area (Å²) in [6, 6.07) is 13.0. The Kier molecular flexibility index (Phi) is 4.94. The van der Waals surface area contributed by atoms with Gasteiger partial charge in [0.1, 0.15) is 0 Å². The molecule has 0 saturated carbocycles. The fraction of sp³-hybridized carbons (Fsp3) is 0.222. The molecule has 0 saturated heterocycles. The second kappa shape index (κ2) is 6.89. The van der Waals surface area contributed by atoms with Gasteiger partial charge in [0.15, 0.2) is 0 Å². The van der Waals surface area contributed by atoms with E-state index in [2.05, 4.69) is 10.6 Å². The van der Waals surface area contributed by atoms with Crippen molar-refractivity contribution in [2.45, 2.75) is 20.4 Å². The van der Waals surface area contributed by atoms with Crippen molar-refractivity contribution in [3.05, 3.63) is 70.3 Å². The van der Waals surface area contributed by atoms with Crippen molar-refractivity contribution in [3.8, 4) is 0 Å². The molecule has 2 N–H and O–H groups in total. The Morgan fingerprint density at radius 1 is 0.864 bits per heavy atom. The lowest BCUT2D eigenvalue weighted by Gasteiger charge is -2.08. The number of aryl methyl sites for hydroxylation is 2. The average molecular weight is 296 g/mol. The van der Waals surface area contributed by atoms with Crippen LogP contribution in [-0.2, 0) is 6.54 Å². The molecular formula is C18H20N2O2. The standard InChI is InChI=1S/C18H20N2O2/c1-12-8-13(2)10-16(9-12)18(22)20-11-14-4-6-15(7-5-14)17(21)19-3/h4-10H,11H2,1-3H3,(H,19,21)(H,20,22). The lowest BCUT2D eigenvalue weighted by Crippen LogP contribution is -2.23. The van der Waals surface area contributed by atoms with Crippen LogP contribution in [0.25, 0.3) is 0 Å². The van der Waals surface area contributed by atoms with E-state index in [1.807, 2.05) is 44.2 Å². The Hall–Kier alpha value is -2.62. The van der Waals surface area contributed by atoms with Crippen LogP contribution < -0.4 is 10.6 Å². The third-order valence-corrected chi connectivity index (χ3v) is 3.38. The minimum atomic E-state index is -0.120. The maximum atomic E-state index is 12.2. The zero-order chi connectivity index (χ0) is 16.1. The molecule has 4 nitrogen and oxygen atoms in total. The van der Waals surface area contributed by atoms with Crippen LogP contribution in [0.5, 0.6) is 0 Å². The Morgan fingerprint density at radius 2 is 1.45 bits per heavy atom. The Labute approximate surface area is 130 Å². The number of carbonyl (C=O) groups is 2. The third kappa shape index (κ3) is 3.95. The Balaban J connectivity index is 2.00. The largest absolute Gasteiger partial charge is 0.355 e. The molecule has 2 aromatic carbocycles. The van der Waals surface area contributed by atoms with Crippen LogP contribution in [0.2, 0.25) is 0 Å². The second-order valence-electron chi connectivity index (χ2n) is 5.34. The van der Waals surface area contributed by atoms with Crippen LogP contribution in [0.4, 0.5) is 0 Å². The molecule has 2 amide bonds. The molecule has 4 heteroatoms. The van der Waals surface area contributed by atoms with Crippen LogP contribution in [0.15, 0.2) is 42.5 Å². The van der Waals surface area contributed by atoms with Gasteiger partial charge in [-0.3, -0.25) is 9.59 Å². The molecule has 0 aliphatic heterocycles. The van der Waals surface area contributed by atoms with Crippen molar-refractivity contribution in [2.24, 2.45) is 0 Å². The fourth-order valence-electron chi connectivity index (χ4n) is 2.31. The molecule has 2 aromatic rings. The average Bonchev–Trinajstić information content (AvgIpc) is 2.51. The van der Waals surface area contributed by atoms with E-state index < -0.39 is 0 Å². The second-order valence-corrected chi connectivity index (χ2v) is 5.34. The summed E-state index contributed by atoms with van der Waals surface area (Å²) in [5, 5.41) is 5.47. The topological polar surface area (TPSA) is 58.2 Å². The highest BCUT2D eigenvalue weighted by molar-refractivity contribution is 5.95. The molecule has 0 radical (unpaired) electrons. The van der Waals surface area contributed by atoms with E-state index in [0.29, 0.717) is 17.7 Å². The number of nitrogens with one attached hydrogen (secondary N) is 2. The van der Waals surface area contributed by atoms with Gasteiger partial charge in [0.2, 0.25) is 0 Å². The quantitative estimate of drug-likeness (QED) is 0.911. The highest BCUT2D eigenvalue weighted by atomic mass is 16.2. The molecule has 0 fully saturated rings. The molecule has 114 valence electrons. The molecule has 0 spiro atoms. The summed E-state index contributed by atoms with van der Waals surface area (Å²) in [7, 11) is 1.60. The van der Waals surface area contributed by atoms with E-state index >= 15 is 0 Å². The highest BCUT2D eigenvalue weighted by Crippen LogP contribution is 2.09. The van der Waals surface area contributed by atoms with E-state index in [4.69, 9.17) is 0 Å². The van der Waals surface area contributed by atoms with Gasteiger partial charge in [-0.15, -0.1) is 0 Å². The van der Waals surface area contributed by atoms with Gasteiger partial charge < -0.3 is 10.6 Å². The van der Waals surface area contributed by atoms with Crippen molar-refractivity contribution in [1.82, 2.24) is 10.6 Å². The van der Waals surface area contributed by atoms with Gasteiger partial charge in [-0.2, -0.15) is 0 Å². The maximum absolute atomic E-state index is 12.2. The van der Waals surface area contributed by atoms with Gasteiger partial charge in [-0.1, -0.05) is 29.3 Å². The number of carbonyl (C=O) groups excluding carboxylic acids is 2. The maximum Gasteiger partial charge on any atom is 0.251 e. The first kappa shape index (κ1) is 15.8. The van der Waals surface area contributed by atoms with Gasteiger partial charge in [-0.25, -0.2) is 0 Å². The smallest absolute Gasteiger partial charge is 0.251 e. The molecule has 0 heterocycles. The van der Waals surface area contributed by atoms with Gasteiger partial charge in [0, 0.05) is 24.7 Å². The van der Waals surface area contributed by atoms with Crippen molar-refractivity contribution >= 4 is 11.8 Å². The first-order valence-electron chi connectivity index (χ1n) is 7.17. The number of benzene rings is 2. The van der Waals surface area contributed by atoms with Crippen molar-refractivity contribution < 1.29 is 9.59 Å². The van der Waals surface area contributed by atoms with Crippen LogP contribution in [-0.4, -0.2) is 18.9 Å². The van der Waals surface area contributed by atoms with Crippen LogP contribution in [0, 0.1) is 13.8 Å². The number of hydrogen-bond donors (Lipinski definition) is 2. The van der Waals surface area contributed by atoms with Gasteiger partial charge in [-0.05, 0) is 43.7 Å². The summed E-state index contributed by atoms with van der Waals surface area (Å²) in [6.45, 7) is 4.38. The predicted octanol–water partition coefficient (Wildman–Crippen LogP) is 2.59. The lowest BCUT2D eigenvalue weighted by molar-refractivity contribution is 0.0946. The predicted molar refractivity (Wildman–Crippen MR) is 86.9 cm³/mol. The fourth-order valence-corrected chi connectivity index (χ4v) is 2.31. The summed E-state index contributed by atoms with van der Waals surface area (Å²) in [6.07, 6.45) is 0. The van der Waals surface area contributed by atoms with E-state index in [1.54, 1.807) is 19.2 Å². The number of amides is 2. The van der Waals surface area contributed by atoms with Crippen LogP contribution >= 0.6 is 0 Å². The monoisotopic (exact) mass is 296 g/mol. The zero-order valence-corrected chi connectivity index (χ0v) is 13.1. The normalized spacial score (nSPS) is 10.1. The minimum Gasteiger partial charge on any atom is -0.355 e. The molecule has 0 aliphatic carbocycles. The SMILES string of the molecule is CNC(=O)c1ccc(CNC(=O)c2cc(C)cc(C)c2)cc1. The molecular weight excluding hydrogens is 276 g/mol. The molecule has 22 heavy (non-hydrogen) atoms. The summed E-state index contributed by atoms with van der Waals surface area (Å²) in [5.41, 5.74) is 4.36. The molecule has 0 bridgehead atoms. The van der Waals surface area contributed by atoms with Crippen molar-refractivity contribution in [2.75, 3.05) is 7.05 Å². The van der Waals surface area contributed by atoms with Crippen molar-refractivity contribution in [1.29, 1.82) is 0 Å². The van der Waals surface area contributed by atoms with Gasteiger partial charge in [0.25, 0.3) is 11.8 Å². The lowest BCUT2D eigenvalue weighted by atomic mass is 10.1. The van der Waals surface area contributed by atoms with Crippen molar-refractivity contribution in [3.63, 3.8) is 0 Å². The van der Waals surface area contributed by atoms with E-state index in [1.165, 1.54) is 0 Å². The van der Waals surface area contributed by atoms with E-state index in [-0.39, 0.29) is 11.8 Å². The van der Waals surface area contributed by atoms with Crippen LogP contribution in [0.1, 0.15) is 37.4 Å². The summed E-state index contributed by atoms with van der Waals surface area (Å²) in [4.78, 5) is 23.6. The Bertz CT molecular complexity index is 670. The Morgan fingerprint density at radius 3 is 2.00 bits per heavy atom. The number of rotatable bonds is 4. The molecule has 0 unspecified atom stereocenters. The molecule has 0 atom stereocenters. The number of hydrogen-bond acceptors (Lipinski definition) is 2. The molecule has 2 rings (SSSR count). The summed E-state index contributed by atoms with van der Waals surface area (Å²) >= 11 is 0. The van der Waals surface area contributed by atoms with Crippen LogP contribution in [0.3, 0.4) is 0 Å². The minimum absolute atomic E-state index is 0.0952. The molecule has 0 aliphatic rings. The third-order valence-electron chi connectivity index (χ3n) is 3.38.